The maximum atomic E-state index is 6.92. The van der Waals surface area contributed by atoms with Gasteiger partial charge in [0, 0.05) is 10.1 Å². The Morgan fingerprint density at radius 3 is 2.30 bits per heavy atom. The summed E-state index contributed by atoms with van der Waals surface area (Å²) in [5.41, 5.74) is 6.84. The largest absolute Gasteiger partial charge is 0.455 e. The van der Waals surface area contributed by atoms with Gasteiger partial charge in [0.2, 0.25) is 0 Å². The van der Waals surface area contributed by atoms with Crippen molar-refractivity contribution < 1.29 is 4.12 Å². The Bertz CT molecular complexity index is 852. The fourth-order valence-electron chi connectivity index (χ4n) is 9.60. The highest BCUT2D eigenvalue weighted by atomic mass is 28.5. The summed E-state index contributed by atoms with van der Waals surface area (Å²) in [4.78, 5) is 0. The van der Waals surface area contributed by atoms with Crippen molar-refractivity contribution in [1.29, 1.82) is 0 Å². The van der Waals surface area contributed by atoms with E-state index in [1.165, 1.54) is 32.1 Å². The molecule has 6 aliphatic rings. The number of rotatable bonds is 1. The van der Waals surface area contributed by atoms with Gasteiger partial charge in [-0.25, -0.2) is 0 Å². The lowest BCUT2D eigenvalue weighted by Crippen LogP contribution is -2.84. The zero-order chi connectivity index (χ0) is 18.8. The highest BCUT2D eigenvalue weighted by Crippen LogP contribution is 2.83. The summed E-state index contributed by atoms with van der Waals surface area (Å²) in [5.74, 6) is 3.86. The SMILES string of the molecule is CC1=Cc2c(cccc2C23CC4C[C](CC(C4)C2)C32[Si](C)(C)O[Si]2(C)C)C1. The lowest BCUT2D eigenvalue weighted by molar-refractivity contribution is 0.0213. The predicted octanol–water partition coefficient (Wildman–Crippen LogP) is 6.40. The summed E-state index contributed by atoms with van der Waals surface area (Å²) in [6.07, 6.45) is 10.9. The second-order valence-corrected chi connectivity index (χ2v) is 20.2. The van der Waals surface area contributed by atoms with E-state index in [1.54, 1.807) is 22.3 Å². The maximum Gasteiger partial charge on any atom is 0.180 e. The standard InChI is InChI=1S/C24H33OSi2/c1-16-9-19-7-6-8-22(21(19)10-16)23-14-17-11-18(15-23)13-20(12-17)24(23)26(2,3)25-27(24,4)5/h6-8,10,17-18H,9,11-15H2,1-5H3. The van der Waals surface area contributed by atoms with Crippen molar-refractivity contribution in [2.75, 3.05) is 0 Å². The molecule has 1 heterocycles. The molecule has 1 saturated heterocycles. The highest BCUT2D eigenvalue weighted by Gasteiger charge is 2.83. The molecular weight excluding hydrogens is 360 g/mol. The smallest absolute Gasteiger partial charge is 0.180 e. The van der Waals surface area contributed by atoms with Crippen LogP contribution in [0.25, 0.3) is 6.08 Å². The first kappa shape index (κ1) is 17.2. The molecule has 1 aliphatic heterocycles. The molecule has 2 atom stereocenters. The summed E-state index contributed by atoms with van der Waals surface area (Å²) < 4.78 is 7.38. The Kier molecular flexibility index (Phi) is 3.13. The van der Waals surface area contributed by atoms with Crippen LogP contribution in [-0.2, 0) is 16.0 Å². The van der Waals surface area contributed by atoms with Gasteiger partial charge in [-0.05, 0) is 106 Å². The lowest BCUT2D eigenvalue weighted by atomic mass is 9.46. The van der Waals surface area contributed by atoms with Crippen LogP contribution in [0.4, 0.5) is 0 Å². The molecule has 2 unspecified atom stereocenters. The van der Waals surface area contributed by atoms with Crippen LogP contribution in [0.2, 0.25) is 30.8 Å². The van der Waals surface area contributed by atoms with Gasteiger partial charge in [-0.2, -0.15) is 0 Å². The Hall–Kier alpha value is -0.646. The van der Waals surface area contributed by atoms with Crippen LogP contribution in [0.1, 0.15) is 55.7 Å². The number of benzene rings is 1. The second-order valence-electron chi connectivity index (χ2n) is 11.4. The van der Waals surface area contributed by atoms with Gasteiger partial charge in [0.05, 0.1) is 0 Å². The first-order valence-electron chi connectivity index (χ1n) is 11.1. The van der Waals surface area contributed by atoms with Gasteiger partial charge in [0.15, 0.2) is 16.6 Å². The predicted molar refractivity (Wildman–Crippen MR) is 118 cm³/mol. The fourth-order valence-corrected chi connectivity index (χ4v) is 26.4. The summed E-state index contributed by atoms with van der Waals surface area (Å²) in [5, 5.41) is 0. The molecule has 5 fully saturated rings. The fraction of sp³-hybridized carbons (Fsp3) is 0.625. The molecule has 1 radical (unpaired) electrons. The molecule has 0 aromatic heterocycles. The first-order chi connectivity index (χ1) is 12.7. The monoisotopic (exact) mass is 393 g/mol. The van der Waals surface area contributed by atoms with Gasteiger partial charge in [0.1, 0.15) is 0 Å². The second kappa shape index (κ2) is 4.91. The summed E-state index contributed by atoms with van der Waals surface area (Å²) >= 11 is 0. The van der Waals surface area contributed by atoms with Crippen molar-refractivity contribution in [3.63, 3.8) is 0 Å². The molecule has 1 aromatic carbocycles. The summed E-state index contributed by atoms with van der Waals surface area (Å²) in [6.45, 7) is 12.6. The van der Waals surface area contributed by atoms with Crippen LogP contribution < -0.4 is 0 Å². The molecule has 0 amide bonds. The van der Waals surface area contributed by atoms with Crippen LogP contribution >= 0.6 is 0 Å². The average molecular weight is 394 g/mol. The Morgan fingerprint density at radius 2 is 1.67 bits per heavy atom. The van der Waals surface area contributed by atoms with Gasteiger partial charge >= 0.3 is 0 Å². The molecule has 4 bridgehead atoms. The van der Waals surface area contributed by atoms with Crippen LogP contribution in [0.15, 0.2) is 23.8 Å². The third kappa shape index (κ3) is 1.77. The minimum atomic E-state index is -1.74. The van der Waals surface area contributed by atoms with Crippen molar-refractivity contribution >= 4 is 22.7 Å². The van der Waals surface area contributed by atoms with E-state index in [0.717, 1.165) is 18.3 Å². The van der Waals surface area contributed by atoms with Crippen molar-refractivity contribution in [3.8, 4) is 0 Å². The first-order valence-corrected chi connectivity index (χ1v) is 16.9. The zero-order valence-corrected chi connectivity index (χ0v) is 19.6. The van der Waals surface area contributed by atoms with E-state index in [4.69, 9.17) is 4.12 Å². The Labute approximate surface area is 166 Å². The Morgan fingerprint density at radius 1 is 1.00 bits per heavy atom. The van der Waals surface area contributed by atoms with E-state index in [1.807, 2.05) is 5.92 Å². The molecule has 5 aliphatic carbocycles. The zero-order valence-electron chi connectivity index (χ0n) is 17.6. The van der Waals surface area contributed by atoms with Crippen LogP contribution in [0, 0.1) is 17.8 Å². The van der Waals surface area contributed by atoms with Gasteiger partial charge < -0.3 is 4.12 Å². The minimum absolute atomic E-state index is 0.378. The van der Waals surface area contributed by atoms with Crippen LogP contribution in [0.3, 0.4) is 0 Å². The van der Waals surface area contributed by atoms with Gasteiger partial charge in [-0.15, -0.1) is 0 Å². The molecule has 143 valence electrons. The molecular formula is C24H33OSi2. The van der Waals surface area contributed by atoms with Gasteiger partial charge in [-0.3, -0.25) is 0 Å². The van der Waals surface area contributed by atoms with Crippen molar-refractivity contribution in [2.45, 2.75) is 81.7 Å². The molecule has 27 heavy (non-hydrogen) atoms. The van der Waals surface area contributed by atoms with Crippen LogP contribution in [-0.4, -0.2) is 16.6 Å². The topological polar surface area (TPSA) is 9.23 Å². The number of hydrogen-bond donors (Lipinski definition) is 0. The molecule has 1 nitrogen and oxygen atoms in total. The van der Waals surface area contributed by atoms with Crippen LogP contribution in [0.5, 0.6) is 0 Å². The molecule has 1 aromatic rings. The van der Waals surface area contributed by atoms with E-state index in [-0.39, 0.29) is 0 Å². The van der Waals surface area contributed by atoms with Gasteiger partial charge in [0.25, 0.3) is 0 Å². The van der Waals surface area contributed by atoms with E-state index in [2.05, 4.69) is 57.4 Å². The summed E-state index contributed by atoms with van der Waals surface area (Å²) in [7, 11) is -3.48. The van der Waals surface area contributed by atoms with Gasteiger partial charge in [-0.1, -0.05) is 29.8 Å². The molecule has 7 rings (SSSR count). The van der Waals surface area contributed by atoms with Crippen molar-refractivity contribution in [1.82, 2.24) is 0 Å². The maximum absolute atomic E-state index is 6.92. The summed E-state index contributed by atoms with van der Waals surface area (Å²) in [6, 6.07) is 7.30. The van der Waals surface area contributed by atoms with E-state index < -0.39 is 16.6 Å². The molecule has 1 spiro atoms. The van der Waals surface area contributed by atoms with E-state index in [0.29, 0.717) is 10.1 Å². The molecule has 3 heteroatoms. The van der Waals surface area contributed by atoms with E-state index >= 15 is 0 Å². The normalized spacial score (nSPS) is 39.4. The third-order valence-electron chi connectivity index (χ3n) is 9.15. The molecule has 0 N–H and O–H groups in total. The highest BCUT2D eigenvalue weighted by molar-refractivity contribution is 7.07. The quantitative estimate of drug-likeness (QED) is 0.501. The number of hydrogen-bond acceptors (Lipinski definition) is 1. The minimum Gasteiger partial charge on any atom is -0.455 e. The Balaban J connectivity index is 1.66. The lowest BCUT2D eigenvalue weighted by Gasteiger charge is -2.80. The third-order valence-corrected chi connectivity index (χ3v) is 22.1. The number of allylic oxidation sites excluding steroid dienone is 1. The molecule has 4 saturated carbocycles. The van der Waals surface area contributed by atoms with Crippen molar-refractivity contribution in [2.24, 2.45) is 11.8 Å². The number of fused-ring (bicyclic) bond motifs is 1. The van der Waals surface area contributed by atoms with E-state index in [9.17, 15) is 0 Å². The average Bonchev–Trinajstić information content (AvgIpc) is 2.91. The van der Waals surface area contributed by atoms with Crippen molar-refractivity contribution in [3.05, 3.63) is 46.4 Å².